The van der Waals surface area contributed by atoms with Crippen LogP contribution >= 0.6 is 0 Å². The van der Waals surface area contributed by atoms with E-state index in [2.05, 4.69) is 15.4 Å². The predicted molar refractivity (Wildman–Crippen MR) is 144 cm³/mol. The zero-order valence-electron chi connectivity index (χ0n) is 21.7. The fraction of sp³-hybridized carbons (Fsp3) is 0.179. The molecule has 0 aliphatic rings. The number of fused-ring (bicyclic) bond motifs is 1. The molecule has 3 aromatic heterocycles. The van der Waals surface area contributed by atoms with Crippen LogP contribution in [0.5, 0.6) is 11.6 Å². The first-order valence-corrected chi connectivity index (χ1v) is 12.2. The van der Waals surface area contributed by atoms with Crippen molar-refractivity contribution in [1.82, 2.24) is 23.7 Å². The number of carbonyl (C=O) groups is 1. The third kappa shape index (κ3) is 4.81. The van der Waals surface area contributed by atoms with Gasteiger partial charge in [0.25, 0.3) is 11.5 Å². The smallest absolute Gasteiger partial charge is 0.335 e. The number of ether oxygens (including phenoxy) is 1. The number of para-hydroxylation sites is 1. The molecule has 3 heterocycles. The highest BCUT2D eigenvalue weighted by atomic mass is 19.1. The Bertz CT molecular complexity index is 1850. The Morgan fingerprint density at radius 3 is 2.54 bits per heavy atom. The topological polar surface area (TPSA) is 113 Å². The molecule has 0 unspecified atom stereocenters. The Balaban J connectivity index is 1.47. The average molecular weight is 529 g/mol. The molecule has 0 radical (unpaired) electrons. The summed E-state index contributed by atoms with van der Waals surface area (Å²) in [5, 5.41) is 6.69. The van der Waals surface area contributed by atoms with Crippen molar-refractivity contribution in [3.05, 3.63) is 110 Å². The van der Waals surface area contributed by atoms with Gasteiger partial charge in [-0.15, -0.1) is 0 Å². The number of nitrogens with one attached hydrogen (secondary N) is 1. The highest BCUT2D eigenvalue weighted by Gasteiger charge is 2.21. The molecule has 1 N–H and O–H groups in total. The van der Waals surface area contributed by atoms with Gasteiger partial charge in [-0.1, -0.05) is 18.2 Å². The highest BCUT2D eigenvalue weighted by Crippen LogP contribution is 2.27. The quantitative estimate of drug-likeness (QED) is 0.349. The number of rotatable bonds is 6. The van der Waals surface area contributed by atoms with Crippen molar-refractivity contribution in [2.45, 2.75) is 33.7 Å². The van der Waals surface area contributed by atoms with Crippen LogP contribution in [-0.2, 0) is 0 Å². The van der Waals surface area contributed by atoms with Crippen molar-refractivity contribution >= 4 is 17.2 Å². The van der Waals surface area contributed by atoms with Gasteiger partial charge in [0.1, 0.15) is 5.56 Å². The second-order valence-corrected chi connectivity index (χ2v) is 9.29. The van der Waals surface area contributed by atoms with Crippen LogP contribution in [-0.4, -0.2) is 29.6 Å². The molecule has 1 amide bonds. The van der Waals surface area contributed by atoms with E-state index in [0.29, 0.717) is 22.6 Å². The minimum Gasteiger partial charge on any atom is -0.436 e. The lowest BCUT2D eigenvalue weighted by molar-refractivity contribution is 0.102. The van der Waals surface area contributed by atoms with Gasteiger partial charge >= 0.3 is 5.69 Å². The number of hydrogen-bond donors (Lipinski definition) is 1. The summed E-state index contributed by atoms with van der Waals surface area (Å²) in [4.78, 5) is 44.1. The van der Waals surface area contributed by atoms with Gasteiger partial charge in [0.05, 0.1) is 11.9 Å². The highest BCUT2D eigenvalue weighted by molar-refractivity contribution is 6.03. The molecule has 198 valence electrons. The molecule has 10 nitrogen and oxygen atoms in total. The number of amides is 1. The van der Waals surface area contributed by atoms with Crippen molar-refractivity contribution in [2.24, 2.45) is 0 Å². The van der Waals surface area contributed by atoms with Gasteiger partial charge in [0, 0.05) is 41.8 Å². The molecular formula is C28H25FN6O4. The molecule has 2 aromatic carbocycles. The summed E-state index contributed by atoms with van der Waals surface area (Å²) in [6.07, 6.45) is 2.79. The first-order valence-electron chi connectivity index (χ1n) is 12.2. The number of carbonyl (C=O) groups excluding carboxylic acids is 1. The minimum absolute atomic E-state index is 0.0920. The second kappa shape index (κ2) is 10.0. The van der Waals surface area contributed by atoms with Crippen LogP contribution in [0.25, 0.3) is 11.3 Å². The van der Waals surface area contributed by atoms with E-state index in [4.69, 9.17) is 4.74 Å². The Kier molecular flexibility index (Phi) is 6.57. The van der Waals surface area contributed by atoms with Crippen molar-refractivity contribution < 1.29 is 13.9 Å². The van der Waals surface area contributed by atoms with E-state index in [1.807, 2.05) is 0 Å². The van der Waals surface area contributed by atoms with Crippen molar-refractivity contribution in [3.63, 3.8) is 0 Å². The predicted octanol–water partition coefficient (Wildman–Crippen LogP) is 4.42. The minimum atomic E-state index is -0.784. The number of aromatic nitrogens is 5. The van der Waals surface area contributed by atoms with E-state index in [1.165, 1.54) is 27.4 Å². The Morgan fingerprint density at radius 1 is 1.05 bits per heavy atom. The zero-order valence-corrected chi connectivity index (χ0v) is 21.7. The molecule has 0 spiro atoms. The molecule has 5 aromatic rings. The second-order valence-electron chi connectivity index (χ2n) is 9.29. The van der Waals surface area contributed by atoms with Crippen LogP contribution in [0.15, 0.2) is 76.6 Å². The Hall–Kier alpha value is -5.06. The number of hydrogen-bond acceptors (Lipinski definition) is 6. The van der Waals surface area contributed by atoms with Crippen LogP contribution in [0, 0.1) is 19.7 Å². The largest absolute Gasteiger partial charge is 0.436 e. The molecule has 0 aliphatic heterocycles. The Labute approximate surface area is 221 Å². The van der Waals surface area contributed by atoms with E-state index in [9.17, 15) is 14.4 Å². The first kappa shape index (κ1) is 25.6. The van der Waals surface area contributed by atoms with Gasteiger partial charge in [-0.25, -0.2) is 18.7 Å². The normalized spacial score (nSPS) is 11.2. The number of benzene rings is 2. The lowest BCUT2D eigenvalue weighted by atomic mass is 10.2. The fourth-order valence-corrected chi connectivity index (χ4v) is 4.17. The summed E-state index contributed by atoms with van der Waals surface area (Å²) in [6.45, 7) is 7.09. The molecule has 0 fully saturated rings. The summed E-state index contributed by atoms with van der Waals surface area (Å²) in [7, 11) is 0. The summed E-state index contributed by atoms with van der Waals surface area (Å²) < 4.78 is 24.5. The molecule has 0 saturated heterocycles. The van der Waals surface area contributed by atoms with Gasteiger partial charge in [0.2, 0.25) is 5.88 Å². The van der Waals surface area contributed by atoms with Gasteiger partial charge in [-0.05, 0) is 51.5 Å². The number of aryl methyl sites for hydroxylation is 2. The Morgan fingerprint density at radius 2 is 1.82 bits per heavy atom. The third-order valence-electron chi connectivity index (χ3n) is 6.13. The summed E-state index contributed by atoms with van der Waals surface area (Å²) in [5.41, 5.74) is 0.784. The van der Waals surface area contributed by atoms with Gasteiger partial charge < -0.3 is 10.1 Å². The van der Waals surface area contributed by atoms with Crippen LogP contribution in [0.2, 0.25) is 0 Å². The maximum atomic E-state index is 15.0. The number of anilines is 1. The van der Waals surface area contributed by atoms with Crippen LogP contribution in [0.3, 0.4) is 0 Å². The van der Waals surface area contributed by atoms with Crippen LogP contribution < -0.4 is 21.3 Å². The van der Waals surface area contributed by atoms with E-state index in [0.717, 1.165) is 10.6 Å². The van der Waals surface area contributed by atoms with Crippen molar-refractivity contribution in [3.8, 4) is 17.3 Å². The van der Waals surface area contributed by atoms with Crippen molar-refractivity contribution in [2.75, 3.05) is 5.32 Å². The van der Waals surface area contributed by atoms with E-state index in [1.54, 1.807) is 70.3 Å². The third-order valence-corrected chi connectivity index (χ3v) is 6.13. The van der Waals surface area contributed by atoms with Crippen LogP contribution in [0.4, 0.5) is 10.1 Å². The summed E-state index contributed by atoms with van der Waals surface area (Å²) in [6, 6.07) is 13.8. The molecule has 0 bridgehead atoms. The van der Waals surface area contributed by atoms with Gasteiger partial charge in [-0.3, -0.25) is 14.2 Å². The number of halogens is 1. The number of nitrogens with zero attached hydrogens (tertiary/aromatic N) is 5. The van der Waals surface area contributed by atoms with E-state index >= 15 is 4.39 Å². The van der Waals surface area contributed by atoms with Crippen molar-refractivity contribution in [1.29, 1.82) is 0 Å². The maximum Gasteiger partial charge on any atom is 0.335 e. The average Bonchev–Trinajstić information content (AvgIpc) is 3.35. The monoisotopic (exact) mass is 528 g/mol. The fourth-order valence-electron chi connectivity index (χ4n) is 4.17. The molecular weight excluding hydrogens is 503 g/mol. The molecule has 0 aliphatic carbocycles. The maximum absolute atomic E-state index is 15.0. The molecule has 11 heteroatoms. The first-order chi connectivity index (χ1) is 18.6. The zero-order chi connectivity index (χ0) is 27.8. The van der Waals surface area contributed by atoms with Crippen LogP contribution in [0.1, 0.15) is 41.5 Å². The standard InChI is InChI=1S/C28H25FN6O4/c1-16(2)33-15-20(27(37)34(28(33)38)22-8-6-5-7-17(22)3)26(36)32-19-9-10-23(21(29)14-19)39-25-13-18(4)31-24-11-12-30-35(24)25/h5-16H,1-4H3,(H,32,36). The lowest BCUT2D eigenvalue weighted by Crippen LogP contribution is -2.43. The SMILES string of the molecule is Cc1cc(Oc2ccc(NC(=O)c3cn(C(C)C)c(=O)n(-c4ccccc4C)c3=O)cc2F)n2nccc2n1. The summed E-state index contributed by atoms with van der Waals surface area (Å²) >= 11 is 0. The molecule has 5 rings (SSSR count). The van der Waals surface area contributed by atoms with Gasteiger partial charge in [0.15, 0.2) is 17.2 Å². The molecule has 39 heavy (non-hydrogen) atoms. The van der Waals surface area contributed by atoms with E-state index in [-0.39, 0.29) is 28.9 Å². The molecule has 0 atom stereocenters. The lowest BCUT2D eigenvalue weighted by Gasteiger charge is -2.17. The van der Waals surface area contributed by atoms with Gasteiger partial charge in [-0.2, -0.15) is 9.61 Å². The molecule has 0 saturated carbocycles. The summed E-state index contributed by atoms with van der Waals surface area (Å²) in [5.74, 6) is -1.35. The van der Waals surface area contributed by atoms with E-state index < -0.39 is 23.0 Å².